The maximum absolute atomic E-state index is 5.93. The van der Waals surface area contributed by atoms with Crippen LogP contribution in [0, 0.1) is 0 Å². The van der Waals surface area contributed by atoms with Crippen LogP contribution in [0.15, 0.2) is 17.8 Å². The van der Waals surface area contributed by atoms with Crippen LogP contribution in [0.2, 0.25) is 4.34 Å². The minimum Gasteiger partial charge on any atom is -0.319 e. The van der Waals surface area contributed by atoms with Crippen molar-refractivity contribution in [3.05, 3.63) is 33.5 Å². The van der Waals surface area contributed by atoms with Crippen molar-refractivity contribution in [2.45, 2.75) is 25.9 Å². The molecule has 2 rings (SSSR count). The van der Waals surface area contributed by atoms with E-state index in [0.717, 1.165) is 10.2 Å². The molecule has 0 bridgehead atoms. The van der Waals surface area contributed by atoms with E-state index in [4.69, 9.17) is 11.6 Å². The number of nitrogens with zero attached hydrogens (tertiary/aromatic N) is 3. The first kappa shape index (κ1) is 12.5. The summed E-state index contributed by atoms with van der Waals surface area (Å²) in [6.45, 7) is 4.19. The van der Waals surface area contributed by atoms with E-state index in [2.05, 4.69) is 34.7 Å². The van der Waals surface area contributed by atoms with E-state index in [-0.39, 0.29) is 12.1 Å². The maximum atomic E-state index is 5.93. The molecule has 0 amide bonds. The summed E-state index contributed by atoms with van der Waals surface area (Å²) >= 11 is 7.48. The summed E-state index contributed by atoms with van der Waals surface area (Å²) in [7, 11) is 1.94. The van der Waals surface area contributed by atoms with Crippen molar-refractivity contribution >= 4 is 22.9 Å². The number of rotatable bonds is 4. The molecule has 2 heterocycles. The Morgan fingerprint density at radius 1 is 1.41 bits per heavy atom. The summed E-state index contributed by atoms with van der Waals surface area (Å²) in [5, 5.41) is 13.5. The van der Waals surface area contributed by atoms with Gasteiger partial charge >= 0.3 is 0 Å². The Morgan fingerprint density at radius 2 is 2.18 bits per heavy atom. The van der Waals surface area contributed by atoms with Crippen LogP contribution in [0.4, 0.5) is 0 Å². The van der Waals surface area contributed by atoms with Gasteiger partial charge in [-0.3, -0.25) is 0 Å². The van der Waals surface area contributed by atoms with E-state index < -0.39 is 0 Å². The maximum Gasteiger partial charge on any atom is 0.149 e. The van der Waals surface area contributed by atoms with Crippen LogP contribution in [0.5, 0.6) is 0 Å². The molecule has 6 heteroatoms. The zero-order valence-corrected chi connectivity index (χ0v) is 11.6. The zero-order chi connectivity index (χ0) is 12.4. The first-order chi connectivity index (χ1) is 8.08. The highest BCUT2D eigenvalue weighted by Gasteiger charge is 2.15. The van der Waals surface area contributed by atoms with Gasteiger partial charge in [0.25, 0.3) is 0 Å². The second-order valence-corrected chi connectivity index (χ2v) is 5.64. The Labute approximate surface area is 110 Å². The molecule has 1 N–H and O–H groups in total. The van der Waals surface area contributed by atoms with Crippen LogP contribution >= 0.6 is 22.9 Å². The average molecular weight is 271 g/mol. The molecule has 0 spiro atoms. The average Bonchev–Trinajstić information content (AvgIpc) is 2.86. The third kappa shape index (κ3) is 2.86. The Bertz CT molecular complexity index is 493. The molecular formula is C11H15ClN4S. The fraction of sp³-hybridized carbons (Fsp3) is 0.455. The molecule has 2 atom stereocenters. The fourth-order valence-electron chi connectivity index (χ4n) is 1.78. The summed E-state index contributed by atoms with van der Waals surface area (Å²) in [6.07, 6.45) is 1.71. The van der Waals surface area contributed by atoms with Gasteiger partial charge in [0.1, 0.15) is 12.2 Å². The topological polar surface area (TPSA) is 42.7 Å². The lowest BCUT2D eigenvalue weighted by atomic mass is 10.1. The molecule has 4 nitrogen and oxygen atoms in total. The van der Waals surface area contributed by atoms with Crippen LogP contribution in [0.1, 0.15) is 37.3 Å². The standard InChI is InChI=1S/C11H15ClN4S/c1-7(9-4-10(12)17-5-9)14-8(2)11-15-13-6-16(11)3/h4-8,14H,1-3H3. The molecule has 0 aromatic carbocycles. The van der Waals surface area contributed by atoms with E-state index in [1.807, 2.05) is 17.7 Å². The van der Waals surface area contributed by atoms with Crippen molar-refractivity contribution < 1.29 is 0 Å². The normalized spacial score (nSPS) is 14.8. The molecule has 0 aliphatic carbocycles. The minimum atomic E-state index is 0.149. The number of aromatic nitrogens is 3. The van der Waals surface area contributed by atoms with Crippen molar-refractivity contribution in [3.63, 3.8) is 0 Å². The fourth-order valence-corrected chi connectivity index (χ4v) is 2.76. The largest absolute Gasteiger partial charge is 0.319 e. The van der Waals surface area contributed by atoms with Crippen LogP contribution in [0.25, 0.3) is 0 Å². The van der Waals surface area contributed by atoms with Crippen LogP contribution < -0.4 is 5.32 Å². The molecule has 0 saturated heterocycles. The highest BCUT2D eigenvalue weighted by Crippen LogP contribution is 2.26. The van der Waals surface area contributed by atoms with E-state index in [1.54, 1.807) is 17.7 Å². The first-order valence-corrected chi connectivity index (χ1v) is 6.67. The SMILES string of the molecule is CC(NC(C)c1nncn1C)c1csc(Cl)c1. The van der Waals surface area contributed by atoms with Crippen molar-refractivity contribution in [1.82, 2.24) is 20.1 Å². The molecule has 0 aliphatic rings. The number of hydrogen-bond donors (Lipinski definition) is 1. The molecule has 0 radical (unpaired) electrons. The smallest absolute Gasteiger partial charge is 0.149 e. The summed E-state index contributed by atoms with van der Waals surface area (Å²) in [5.74, 6) is 0.929. The summed E-state index contributed by atoms with van der Waals surface area (Å²) in [5.41, 5.74) is 1.20. The van der Waals surface area contributed by atoms with E-state index in [9.17, 15) is 0 Å². The van der Waals surface area contributed by atoms with Crippen LogP contribution in [-0.2, 0) is 7.05 Å². The first-order valence-electron chi connectivity index (χ1n) is 5.42. The van der Waals surface area contributed by atoms with Gasteiger partial charge in [-0.05, 0) is 30.9 Å². The van der Waals surface area contributed by atoms with Gasteiger partial charge in [-0.1, -0.05) is 11.6 Å². The summed E-state index contributed by atoms with van der Waals surface area (Å²) in [4.78, 5) is 0. The Balaban J connectivity index is 2.04. The second kappa shape index (κ2) is 5.16. The van der Waals surface area contributed by atoms with E-state index in [0.29, 0.717) is 0 Å². The van der Waals surface area contributed by atoms with Crippen molar-refractivity contribution in [2.75, 3.05) is 0 Å². The number of aryl methyl sites for hydroxylation is 1. The van der Waals surface area contributed by atoms with E-state index in [1.165, 1.54) is 5.56 Å². The van der Waals surface area contributed by atoms with Crippen LogP contribution in [0.3, 0.4) is 0 Å². The van der Waals surface area contributed by atoms with Crippen molar-refractivity contribution in [2.24, 2.45) is 7.05 Å². The number of thiophene rings is 1. The quantitative estimate of drug-likeness (QED) is 0.929. The monoisotopic (exact) mass is 270 g/mol. The summed E-state index contributed by atoms with van der Waals surface area (Å²) in [6, 6.07) is 2.38. The molecule has 0 aliphatic heterocycles. The summed E-state index contributed by atoms with van der Waals surface area (Å²) < 4.78 is 2.74. The van der Waals surface area contributed by atoms with Gasteiger partial charge in [0.15, 0.2) is 0 Å². The lowest BCUT2D eigenvalue weighted by molar-refractivity contribution is 0.466. The van der Waals surface area contributed by atoms with E-state index >= 15 is 0 Å². The van der Waals surface area contributed by atoms with Gasteiger partial charge in [-0.25, -0.2) is 0 Å². The van der Waals surface area contributed by atoms with Crippen molar-refractivity contribution in [3.8, 4) is 0 Å². The predicted octanol–water partition coefficient (Wildman–Crippen LogP) is 2.94. The molecule has 2 unspecified atom stereocenters. The third-order valence-electron chi connectivity index (χ3n) is 2.72. The molecule has 2 aromatic heterocycles. The Morgan fingerprint density at radius 3 is 2.71 bits per heavy atom. The second-order valence-electron chi connectivity index (χ2n) is 4.09. The molecule has 2 aromatic rings. The highest BCUT2D eigenvalue weighted by atomic mass is 35.5. The van der Waals surface area contributed by atoms with Gasteiger partial charge in [-0.15, -0.1) is 21.5 Å². The van der Waals surface area contributed by atoms with Crippen LogP contribution in [-0.4, -0.2) is 14.8 Å². The lowest BCUT2D eigenvalue weighted by Gasteiger charge is -2.18. The highest BCUT2D eigenvalue weighted by molar-refractivity contribution is 7.14. The molecule has 17 heavy (non-hydrogen) atoms. The number of hydrogen-bond acceptors (Lipinski definition) is 4. The van der Waals surface area contributed by atoms with Gasteiger partial charge in [0, 0.05) is 13.1 Å². The van der Waals surface area contributed by atoms with Gasteiger partial charge in [0.2, 0.25) is 0 Å². The Kier molecular flexibility index (Phi) is 3.81. The lowest BCUT2D eigenvalue weighted by Crippen LogP contribution is -2.24. The number of nitrogens with one attached hydrogen (secondary N) is 1. The Hall–Kier alpha value is -0.910. The number of halogens is 1. The molecule has 0 fully saturated rings. The van der Waals surface area contributed by atoms with Gasteiger partial charge < -0.3 is 9.88 Å². The van der Waals surface area contributed by atoms with Gasteiger partial charge in [-0.2, -0.15) is 0 Å². The van der Waals surface area contributed by atoms with Crippen molar-refractivity contribution in [1.29, 1.82) is 0 Å². The third-order valence-corrected chi connectivity index (χ3v) is 3.83. The molecular weight excluding hydrogens is 256 g/mol. The minimum absolute atomic E-state index is 0.149. The zero-order valence-electron chi connectivity index (χ0n) is 10.0. The van der Waals surface area contributed by atoms with Gasteiger partial charge in [0.05, 0.1) is 10.4 Å². The predicted molar refractivity (Wildman–Crippen MR) is 70.3 cm³/mol. The molecule has 0 saturated carbocycles. The molecule has 92 valence electrons.